The second-order valence-electron chi connectivity index (χ2n) is 18.6. The molecule has 0 unspecified atom stereocenters. The van der Waals surface area contributed by atoms with Crippen molar-refractivity contribution in [1.82, 2.24) is 29.4 Å². The van der Waals surface area contributed by atoms with E-state index in [1.54, 1.807) is 59.5 Å². The number of benzene rings is 4. The summed E-state index contributed by atoms with van der Waals surface area (Å²) in [5, 5.41) is 30.8. The highest BCUT2D eigenvalue weighted by molar-refractivity contribution is 6.43. The van der Waals surface area contributed by atoms with Gasteiger partial charge in [-0.3, -0.25) is 57.0 Å². The van der Waals surface area contributed by atoms with Gasteiger partial charge in [-0.1, -0.05) is 72.8 Å². The van der Waals surface area contributed by atoms with E-state index in [2.05, 4.69) is 10.1 Å². The fourth-order valence-electron chi connectivity index (χ4n) is 8.61. The second kappa shape index (κ2) is 33.0. The SMILES string of the molecule is COC(=O)COc1ccc(C2=CC(c3ccccc3)=N/C2=N\c2c(-c3ccccc3)cc(-c3ccc(OCCCCNC(=O)CN(CCN(CCN(CCN(CC(=O)O)CC(=O)O)COC=O)CC(=O)O)COC=O)cc3)n2B(F)F)cc1. The van der Waals surface area contributed by atoms with Crippen molar-refractivity contribution in [2.45, 2.75) is 12.8 Å². The molecule has 23 nitrogen and oxygen atoms in total. The molecule has 26 heteroatoms. The molecule has 0 fully saturated rings. The van der Waals surface area contributed by atoms with Crippen molar-refractivity contribution in [3.63, 3.8) is 0 Å². The summed E-state index contributed by atoms with van der Waals surface area (Å²) >= 11 is 0. The summed E-state index contributed by atoms with van der Waals surface area (Å²) < 4.78 is 58.0. The van der Waals surface area contributed by atoms with Crippen LogP contribution in [-0.4, -0.2) is 207 Å². The average Bonchev–Trinajstić information content (AvgIpc) is 2.93. The first kappa shape index (κ1) is 63.1. The monoisotopic (exact) mass is 1150 g/mol. The maximum absolute atomic E-state index is 15.6. The van der Waals surface area contributed by atoms with Gasteiger partial charge in [0.25, 0.3) is 12.9 Å². The van der Waals surface area contributed by atoms with E-state index in [0.717, 1.165) is 10.0 Å². The smallest absolute Gasteiger partial charge is 0.494 e. The van der Waals surface area contributed by atoms with Gasteiger partial charge in [0.2, 0.25) is 5.91 Å². The lowest BCUT2D eigenvalue weighted by atomic mass is 10.0. The van der Waals surface area contributed by atoms with Gasteiger partial charge in [0.1, 0.15) is 30.8 Å². The maximum Gasteiger partial charge on any atom is 0.679 e. The maximum atomic E-state index is 15.6. The van der Waals surface area contributed by atoms with Gasteiger partial charge in [-0.25, -0.2) is 14.8 Å². The molecule has 0 saturated carbocycles. The van der Waals surface area contributed by atoms with Crippen LogP contribution >= 0.6 is 0 Å². The van der Waals surface area contributed by atoms with E-state index in [-0.39, 0.29) is 109 Å². The molecule has 6 rings (SSSR count). The molecule has 0 aliphatic carbocycles. The van der Waals surface area contributed by atoms with E-state index < -0.39 is 56.8 Å². The number of allylic oxidation sites excluding steroid dienone is 1. The van der Waals surface area contributed by atoms with Gasteiger partial charge in [-0.05, 0) is 78.1 Å². The lowest BCUT2D eigenvalue weighted by Crippen LogP contribution is -2.46. The van der Waals surface area contributed by atoms with Gasteiger partial charge >= 0.3 is 31.3 Å². The Bertz CT molecular complexity index is 3040. The summed E-state index contributed by atoms with van der Waals surface area (Å²) in [5.41, 5.74) is 4.37. The predicted octanol–water partition coefficient (Wildman–Crippen LogP) is 4.76. The standard InChI is InChI=1S/C57H63BF2N8O15/c1-79-55(78)36-83-46-18-14-42(15-19-46)47-30-49(43-12-6-3-7-13-43)62-56(47)63-57-48(41-10-4-2-5-11-41)31-50(68(57)58(59)60)44-16-20-45(21-17-44)82-29-9-8-22-61-51(71)32-67(38-81-40-70)28-24-64(33-52(72)73)23-25-65(37-80-39-69)26-27-66(34-53(74)75)35-54(76)77/h2-7,10-21,30-31,39-40H,8-9,22-29,32-38H2,1H3,(H,61,71)(H,72,73)(H,74,75)(H,76,77)/b63-56-. The number of methoxy groups -OCH3 is 1. The fourth-order valence-corrected chi connectivity index (χ4v) is 8.61. The highest BCUT2D eigenvalue weighted by Crippen LogP contribution is 2.41. The van der Waals surface area contributed by atoms with Crippen LogP contribution in [0.25, 0.3) is 28.0 Å². The van der Waals surface area contributed by atoms with Crippen LogP contribution in [0.2, 0.25) is 0 Å². The third-order valence-corrected chi connectivity index (χ3v) is 12.7. The van der Waals surface area contributed by atoms with E-state index in [0.29, 0.717) is 57.9 Å². The van der Waals surface area contributed by atoms with Crippen LogP contribution in [0, 0.1) is 0 Å². The lowest BCUT2D eigenvalue weighted by molar-refractivity contribution is -0.143. The normalized spacial score (nSPS) is 12.5. The molecule has 4 aromatic carbocycles. The zero-order valence-electron chi connectivity index (χ0n) is 45.4. The summed E-state index contributed by atoms with van der Waals surface area (Å²) in [5.74, 6) is -3.49. The van der Waals surface area contributed by atoms with E-state index in [1.165, 1.54) is 21.8 Å². The molecule has 0 saturated heterocycles. The van der Waals surface area contributed by atoms with Gasteiger partial charge in [-0.15, -0.1) is 0 Å². The molecule has 0 spiro atoms. The minimum Gasteiger partial charge on any atom is -0.494 e. The minimum atomic E-state index is -3.03. The number of halogens is 2. The van der Waals surface area contributed by atoms with Crippen LogP contribution in [0.3, 0.4) is 0 Å². The highest BCUT2D eigenvalue weighted by Gasteiger charge is 2.30. The summed E-state index contributed by atoms with van der Waals surface area (Å²) in [6, 6.07) is 33.8. The van der Waals surface area contributed by atoms with Crippen LogP contribution in [0.4, 0.5) is 14.4 Å². The number of amidine groups is 1. The van der Waals surface area contributed by atoms with Crippen molar-refractivity contribution in [2.24, 2.45) is 9.98 Å². The quantitative estimate of drug-likeness (QED) is 0.0104. The summed E-state index contributed by atoms with van der Waals surface area (Å²) in [6.07, 6.45) is 2.88. The molecule has 0 bridgehead atoms. The van der Waals surface area contributed by atoms with Crippen molar-refractivity contribution in [3.8, 4) is 33.9 Å². The number of hydrogen-bond acceptors (Lipinski definition) is 17. The number of hydrogen-bond donors (Lipinski definition) is 4. The van der Waals surface area contributed by atoms with Crippen molar-refractivity contribution < 1.29 is 81.2 Å². The van der Waals surface area contributed by atoms with Gasteiger partial charge in [0, 0.05) is 68.2 Å². The molecular weight excluding hydrogens is 1090 g/mol. The molecule has 1 aliphatic rings. The zero-order chi connectivity index (χ0) is 59.5. The topological polar surface area (TPSA) is 281 Å². The first-order chi connectivity index (χ1) is 40.1. The highest BCUT2D eigenvalue weighted by atomic mass is 19.2. The van der Waals surface area contributed by atoms with E-state index in [4.69, 9.17) is 28.9 Å². The summed E-state index contributed by atoms with van der Waals surface area (Å²) in [7, 11) is -1.76. The third kappa shape index (κ3) is 20.4. The van der Waals surface area contributed by atoms with Crippen molar-refractivity contribution >= 4 is 73.1 Å². The number of unbranched alkanes of at least 4 members (excludes halogenated alkanes) is 1. The van der Waals surface area contributed by atoms with Crippen LogP contribution in [0.1, 0.15) is 24.0 Å². The number of carbonyl (C=O) groups excluding carboxylic acids is 4. The first-order valence-corrected chi connectivity index (χ1v) is 26.1. The molecule has 0 atom stereocenters. The van der Waals surface area contributed by atoms with Gasteiger partial charge < -0.3 is 48.8 Å². The molecule has 83 heavy (non-hydrogen) atoms. The Morgan fingerprint density at radius 1 is 0.639 bits per heavy atom. The number of aromatic nitrogens is 1. The Balaban J connectivity index is 1.07. The predicted molar refractivity (Wildman–Crippen MR) is 301 cm³/mol. The third-order valence-electron chi connectivity index (χ3n) is 12.7. The van der Waals surface area contributed by atoms with Crippen molar-refractivity contribution in [1.29, 1.82) is 0 Å². The number of amides is 1. The molecule has 438 valence electrons. The number of aliphatic carboxylic acids is 3. The second-order valence-corrected chi connectivity index (χ2v) is 18.6. The molecule has 1 amide bonds. The largest absolute Gasteiger partial charge is 0.679 e. The Kier molecular flexibility index (Phi) is 25.1. The van der Waals surface area contributed by atoms with E-state index >= 15 is 8.63 Å². The van der Waals surface area contributed by atoms with Crippen LogP contribution in [0.15, 0.2) is 131 Å². The lowest BCUT2D eigenvalue weighted by Gasteiger charge is -2.29. The molecule has 2 heterocycles. The number of aliphatic imine (C=N–C) groups is 2. The minimum absolute atomic E-state index is 0.0128. The molecule has 1 aromatic heterocycles. The van der Waals surface area contributed by atoms with Crippen LogP contribution in [0.5, 0.6) is 11.5 Å². The Morgan fingerprint density at radius 2 is 1.17 bits per heavy atom. The van der Waals surface area contributed by atoms with Crippen molar-refractivity contribution in [3.05, 3.63) is 132 Å². The molecule has 1 aliphatic heterocycles. The zero-order valence-corrected chi connectivity index (χ0v) is 45.4. The van der Waals surface area contributed by atoms with E-state index in [9.17, 15) is 48.9 Å². The number of carboxylic acids is 3. The average molecular weight is 1150 g/mol. The van der Waals surface area contributed by atoms with Crippen molar-refractivity contribution in [2.75, 3.05) is 106 Å². The molecule has 0 radical (unpaired) electrons. The van der Waals surface area contributed by atoms with Gasteiger partial charge in [0.15, 0.2) is 12.4 Å². The van der Waals surface area contributed by atoms with E-state index in [1.807, 2.05) is 66.7 Å². The Hall–Kier alpha value is -9.11. The Labute approximate surface area is 477 Å². The number of ether oxygens (including phenoxy) is 5. The number of nitrogens with zero attached hydrogens (tertiary/aromatic N) is 7. The molecular formula is C57H63BF2N8O15. The van der Waals surface area contributed by atoms with Gasteiger partial charge in [0.05, 0.1) is 45.6 Å². The van der Waals surface area contributed by atoms with Gasteiger partial charge in [-0.2, -0.15) is 0 Å². The summed E-state index contributed by atoms with van der Waals surface area (Å²) in [4.78, 5) is 96.7. The fraction of sp³-hybridized carbons (Fsp3) is 0.316. The van der Waals surface area contributed by atoms with Crippen LogP contribution < -0.4 is 14.8 Å². The number of carboxylic acid groups (broad SMARTS) is 3. The Morgan fingerprint density at radius 3 is 1.75 bits per heavy atom. The van der Waals surface area contributed by atoms with Crippen LogP contribution in [-0.2, 0) is 47.8 Å². The molecule has 5 aromatic rings. The summed E-state index contributed by atoms with van der Waals surface area (Å²) in [6.45, 7) is -1.07. The first-order valence-electron chi connectivity index (χ1n) is 26.1. The number of carbonyl (C=O) groups is 7. The number of rotatable bonds is 38. The number of nitrogens with one attached hydrogen (secondary N) is 1. The number of esters is 1. The molecule has 4 N–H and O–H groups in total.